The van der Waals surface area contributed by atoms with Crippen LogP contribution in [0.3, 0.4) is 0 Å². The Morgan fingerprint density at radius 2 is 1.71 bits per heavy atom. The largest absolute Gasteiger partial charge is 0.494 e. The molecule has 2 aromatic carbocycles. The van der Waals surface area contributed by atoms with E-state index in [-0.39, 0.29) is 0 Å². The van der Waals surface area contributed by atoms with Gasteiger partial charge in [0.1, 0.15) is 17.1 Å². The fraction of sp³-hybridized carbons (Fsp3) is 0.400. The molecule has 0 bridgehead atoms. The molecule has 2 N–H and O–H groups in total. The van der Waals surface area contributed by atoms with Crippen LogP contribution in [-0.2, 0) is 12.8 Å². The molecule has 0 atom stereocenters. The van der Waals surface area contributed by atoms with Crippen molar-refractivity contribution in [2.45, 2.75) is 26.7 Å². The average molecular weight is 574 g/mol. The van der Waals surface area contributed by atoms with E-state index < -0.39 is 0 Å². The van der Waals surface area contributed by atoms with Crippen LogP contribution in [0.4, 0.5) is 34.5 Å². The Hall–Kier alpha value is -3.83. The molecule has 10 nitrogen and oxygen atoms in total. The van der Waals surface area contributed by atoms with Crippen molar-refractivity contribution in [1.82, 2.24) is 24.8 Å². The van der Waals surface area contributed by atoms with Crippen molar-refractivity contribution in [3.63, 3.8) is 0 Å². The highest BCUT2D eigenvalue weighted by molar-refractivity contribution is 7.99. The summed E-state index contributed by atoms with van der Waals surface area (Å²) in [6.45, 7) is 8.41. The Kier molecular flexibility index (Phi) is 8.94. The van der Waals surface area contributed by atoms with Crippen LogP contribution in [0.15, 0.2) is 42.9 Å². The molecular formula is C30H39N9OS. The minimum atomic E-state index is 0.498. The lowest BCUT2D eigenvalue weighted by molar-refractivity contribution is 0.312. The van der Waals surface area contributed by atoms with Gasteiger partial charge in [-0.3, -0.25) is 9.97 Å². The van der Waals surface area contributed by atoms with Gasteiger partial charge < -0.3 is 29.5 Å². The van der Waals surface area contributed by atoms with Gasteiger partial charge >= 0.3 is 0 Å². The lowest BCUT2D eigenvalue weighted by Crippen LogP contribution is -2.44. The molecule has 1 aliphatic heterocycles. The molecule has 5 rings (SSSR count). The molecule has 1 fully saturated rings. The topological polar surface area (TPSA) is 94.6 Å². The molecule has 2 aromatic heterocycles. The lowest BCUT2D eigenvalue weighted by Gasteiger charge is -2.35. The van der Waals surface area contributed by atoms with Gasteiger partial charge in [-0.25, -0.2) is 4.98 Å². The van der Waals surface area contributed by atoms with E-state index in [2.05, 4.69) is 72.7 Å². The highest BCUT2D eigenvalue weighted by Crippen LogP contribution is 2.38. The summed E-state index contributed by atoms with van der Waals surface area (Å²) in [7, 11) is 5.91. The molecule has 1 aliphatic rings. The maximum Gasteiger partial charge on any atom is 0.229 e. The van der Waals surface area contributed by atoms with E-state index in [0.717, 1.165) is 84.2 Å². The van der Waals surface area contributed by atoms with Crippen LogP contribution in [-0.4, -0.2) is 78.5 Å². The minimum absolute atomic E-state index is 0.498. The Morgan fingerprint density at radius 1 is 0.951 bits per heavy atom. The number of fused-ring (bicyclic) bond motifs is 1. The number of hydrogen-bond donors (Lipinski definition) is 2. The van der Waals surface area contributed by atoms with Crippen LogP contribution in [0.5, 0.6) is 5.75 Å². The summed E-state index contributed by atoms with van der Waals surface area (Å²) < 4.78 is 7.93. The first-order valence-electron chi connectivity index (χ1n) is 14.0. The SMILES string of the molecule is CCc1cc(Nc2ncc(CC)c(Nc3ccc4nccnc4c3N(C)SC)n2)c(OC)cc1N1CCN(C)CC1. The van der Waals surface area contributed by atoms with Crippen LogP contribution >= 0.6 is 11.9 Å². The molecule has 216 valence electrons. The van der Waals surface area contributed by atoms with E-state index in [1.165, 1.54) is 11.3 Å². The zero-order valence-electron chi connectivity index (χ0n) is 24.7. The summed E-state index contributed by atoms with van der Waals surface area (Å²) in [6, 6.07) is 8.33. The molecule has 11 heteroatoms. The maximum absolute atomic E-state index is 5.84. The average Bonchev–Trinajstić information content (AvgIpc) is 3.01. The summed E-state index contributed by atoms with van der Waals surface area (Å²) in [5.41, 5.74) is 7.88. The van der Waals surface area contributed by atoms with Crippen molar-refractivity contribution in [2.75, 3.05) is 73.5 Å². The monoisotopic (exact) mass is 573 g/mol. The second-order valence-corrected chi connectivity index (χ2v) is 11.0. The predicted octanol–water partition coefficient (Wildman–Crippen LogP) is 5.51. The Labute approximate surface area is 246 Å². The predicted molar refractivity (Wildman–Crippen MR) is 172 cm³/mol. The Morgan fingerprint density at radius 3 is 2.41 bits per heavy atom. The fourth-order valence-corrected chi connectivity index (χ4v) is 5.49. The van der Waals surface area contributed by atoms with Crippen LogP contribution < -0.4 is 24.6 Å². The number of methoxy groups -OCH3 is 1. The number of ether oxygens (including phenoxy) is 1. The van der Waals surface area contributed by atoms with Gasteiger partial charge in [-0.1, -0.05) is 25.8 Å². The van der Waals surface area contributed by atoms with Gasteiger partial charge in [-0.05, 0) is 43.7 Å². The molecule has 0 radical (unpaired) electrons. The zero-order valence-corrected chi connectivity index (χ0v) is 25.5. The van der Waals surface area contributed by atoms with E-state index >= 15 is 0 Å². The van der Waals surface area contributed by atoms with E-state index in [1.54, 1.807) is 31.5 Å². The molecule has 1 saturated heterocycles. The molecule has 41 heavy (non-hydrogen) atoms. The van der Waals surface area contributed by atoms with Crippen LogP contribution in [0, 0.1) is 0 Å². The number of nitrogens with zero attached hydrogens (tertiary/aromatic N) is 7. The minimum Gasteiger partial charge on any atom is -0.494 e. The van der Waals surface area contributed by atoms with E-state index in [9.17, 15) is 0 Å². The number of likely N-dealkylation sites (N-methyl/N-ethyl adjacent to an activating group) is 1. The van der Waals surface area contributed by atoms with E-state index in [4.69, 9.17) is 9.72 Å². The highest BCUT2D eigenvalue weighted by atomic mass is 32.2. The van der Waals surface area contributed by atoms with Gasteiger partial charge in [0.15, 0.2) is 0 Å². The second kappa shape index (κ2) is 12.8. The fourth-order valence-electron chi connectivity index (χ4n) is 5.12. The van der Waals surface area contributed by atoms with Gasteiger partial charge in [0.25, 0.3) is 0 Å². The van der Waals surface area contributed by atoms with Gasteiger partial charge in [-0.15, -0.1) is 0 Å². The van der Waals surface area contributed by atoms with Crippen molar-refractivity contribution < 1.29 is 4.74 Å². The van der Waals surface area contributed by atoms with Gasteiger partial charge in [0.2, 0.25) is 5.95 Å². The van der Waals surface area contributed by atoms with Gasteiger partial charge in [-0.2, -0.15) is 4.98 Å². The summed E-state index contributed by atoms with van der Waals surface area (Å²) in [4.78, 5) is 23.5. The standard InChI is InChI=1S/C30H39N9OS/c1-7-20-17-24(26(40-5)18-25(20)39-15-13-37(3)14-16-39)35-30-33-19-21(8-2)29(36-30)34-23-10-9-22-27(32-12-11-31-22)28(23)38(4)41-6/h9-12,17-19H,7-8,13-16H2,1-6H3,(H2,33,34,35,36). The number of nitrogens with one attached hydrogen (secondary N) is 2. The van der Waals surface area contributed by atoms with E-state index in [1.807, 2.05) is 31.6 Å². The summed E-state index contributed by atoms with van der Waals surface area (Å²) in [6.07, 6.45) is 9.05. The van der Waals surface area contributed by atoms with Gasteiger partial charge in [0.05, 0.1) is 29.7 Å². The maximum atomic E-state index is 5.84. The molecular weight excluding hydrogens is 534 g/mol. The van der Waals surface area contributed by atoms with Crippen LogP contribution in [0.25, 0.3) is 11.0 Å². The van der Waals surface area contributed by atoms with Crippen molar-refractivity contribution in [1.29, 1.82) is 0 Å². The number of benzene rings is 2. The molecule has 0 saturated carbocycles. The molecule has 0 unspecified atom stereocenters. The van der Waals surface area contributed by atoms with Crippen molar-refractivity contribution in [3.05, 3.63) is 54.0 Å². The molecule has 0 aliphatic carbocycles. The lowest BCUT2D eigenvalue weighted by atomic mass is 10.1. The van der Waals surface area contributed by atoms with Gasteiger partial charge in [0, 0.05) is 75.4 Å². The van der Waals surface area contributed by atoms with E-state index in [0.29, 0.717) is 5.95 Å². The number of anilines is 6. The van der Waals surface area contributed by atoms with Crippen LogP contribution in [0.2, 0.25) is 0 Å². The smallest absolute Gasteiger partial charge is 0.229 e. The molecule has 3 heterocycles. The first kappa shape index (κ1) is 28.7. The van der Waals surface area contributed by atoms with Crippen molar-refractivity contribution in [2.24, 2.45) is 0 Å². The second-order valence-electron chi connectivity index (χ2n) is 10.1. The Bertz CT molecular complexity index is 1510. The number of aromatic nitrogens is 4. The number of aryl methyl sites for hydroxylation is 2. The zero-order chi connectivity index (χ0) is 28.9. The van der Waals surface area contributed by atoms with Crippen LogP contribution in [0.1, 0.15) is 25.0 Å². The Balaban J connectivity index is 1.48. The van der Waals surface area contributed by atoms with Crippen molar-refractivity contribution >= 4 is 57.5 Å². The molecule has 4 aromatic rings. The number of piperazine rings is 1. The first-order valence-corrected chi connectivity index (χ1v) is 15.2. The third-order valence-electron chi connectivity index (χ3n) is 7.57. The third kappa shape index (κ3) is 6.11. The number of hydrogen-bond acceptors (Lipinski definition) is 11. The molecule has 0 spiro atoms. The summed E-state index contributed by atoms with van der Waals surface area (Å²) in [5, 5.41) is 7.02. The highest BCUT2D eigenvalue weighted by Gasteiger charge is 2.20. The van der Waals surface area contributed by atoms with Crippen molar-refractivity contribution in [3.8, 4) is 5.75 Å². The molecule has 0 amide bonds. The first-order chi connectivity index (χ1) is 19.9. The normalized spacial score (nSPS) is 13.9. The quantitative estimate of drug-likeness (QED) is 0.235. The summed E-state index contributed by atoms with van der Waals surface area (Å²) >= 11 is 1.61. The number of rotatable bonds is 10. The summed E-state index contributed by atoms with van der Waals surface area (Å²) in [5.74, 6) is 2.01. The third-order valence-corrected chi connectivity index (χ3v) is 8.30.